The van der Waals surface area contributed by atoms with Crippen molar-refractivity contribution in [2.75, 3.05) is 26.2 Å². The van der Waals surface area contributed by atoms with Gasteiger partial charge in [0.15, 0.2) is 0 Å². The molecule has 1 saturated heterocycles. The molecule has 6 heteroatoms. The molecular weight excluding hydrogens is 416 g/mol. The molecule has 1 amide bonds. The van der Waals surface area contributed by atoms with Crippen molar-refractivity contribution >= 4 is 29.4 Å². The number of carbonyl (C=O) groups is 1. The zero-order chi connectivity index (χ0) is 21.9. The van der Waals surface area contributed by atoms with Gasteiger partial charge in [0.1, 0.15) is 5.65 Å². The molecule has 1 aromatic carbocycles. The second kappa shape index (κ2) is 9.51. The van der Waals surface area contributed by atoms with E-state index in [0.717, 1.165) is 72.4 Å². The van der Waals surface area contributed by atoms with Crippen molar-refractivity contribution in [2.45, 2.75) is 37.6 Å². The number of aryl methyl sites for hydroxylation is 2. The first-order valence-corrected chi connectivity index (χ1v) is 12.4. The third-order valence-electron chi connectivity index (χ3n) is 6.57. The number of pyridine rings is 1. The number of nitrogens with one attached hydrogen (secondary N) is 1. The molecule has 0 bridgehead atoms. The normalized spacial score (nSPS) is 16.8. The van der Waals surface area contributed by atoms with Crippen LogP contribution in [0.5, 0.6) is 0 Å². The largest absolute Gasteiger partial charge is 0.351 e. The fourth-order valence-electron chi connectivity index (χ4n) is 4.72. The lowest BCUT2D eigenvalue weighted by Gasteiger charge is -2.32. The van der Waals surface area contributed by atoms with Crippen LogP contribution in [0.3, 0.4) is 0 Å². The van der Waals surface area contributed by atoms with Gasteiger partial charge in [-0.25, -0.2) is 4.98 Å². The fourth-order valence-corrected chi connectivity index (χ4v) is 5.71. The van der Waals surface area contributed by atoms with E-state index in [1.807, 2.05) is 25.1 Å². The van der Waals surface area contributed by atoms with Gasteiger partial charge < -0.3 is 10.2 Å². The first-order chi connectivity index (χ1) is 15.7. The summed E-state index contributed by atoms with van der Waals surface area (Å²) in [5.74, 6) is 0.596. The van der Waals surface area contributed by atoms with Gasteiger partial charge in [0.05, 0.1) is 21.3 Å². The second-order valence-corrected chi connectivity index (χ2v) is 9.90. The number of carbonyl (C=O) groups excluding carboxylic acids is 1. The molecule has 0 radical (unpaired) electrons. The van der Waals surface area contributed by atoms with Crippen molar-refractivity contribution in [3.8, 4) is 0 Å². The zero-order valence-corrected chi connectivity index (χ0v) is 19.4. The van der Waals surface area contributed by atoms with Crippen molar-refractivity contribution in [1.82, 2.24) is 19.6 Å². The maximum atomic E-state index is 12.9. The number of likely N-dealkylation sites (tertiary alicyclic amines) is 1. The quantitative estimate of drug-likeness (QED) is 0.578. The number of imidazole rings is 1. The van der Waals surface area contributed by atoms with Crippen LogP contribution in [-0.4, -0.2) is 46.4 Å². The minimum atomic E-state index is 0.0316. The summed E-state index contributed by atoms with van der Waals surface area (Å²) < 4.78 is 2.13. The number of benzene rings is 1. The Morgan fingerprint density at radius 1 is 1.12 bits per heavy atom. The highest BCUT2D eigenvalue weighted by molar-refractivity contribution is 8.04. The summed E-state index contributed by atoms with van der Waals surface area (Å²) in [5, 5.41) is 4.25. The van der Waals surface area contributed by atoms with Crippen LogP contribution >= 0.6 is 11.8 Å². The number of amides is 1. The number of hydrogen-bond donors (Lipinski definition) is 1. The van der Waals surface area contributed by atoms with Crippen molar-refractivity contribution in [1.29, 1.82) is 0 Å². The van der Waals surface area contributed by atoms with E-state index < -0.39 is 0 Å². The van der Waals surface area contributed by atoms with Crippen LogP contribution in [0.1, 0.15) is 36.2 Å². The van der Waals surface area contributed by atoms with Crippen molar-refractivity contribution < 1.29 is 4.79 Å². The summed E-state index contributed by atoms with van der Waals surface area (Å²) in [5.41, 5.74) is 4.34. The molecule has 3 aromatic rings. The monoisotopic (exact) mass is 446 g/mol. The number of thioether (sulfide) groups is 1. The maximum absolute atomic E-state index is 12.9. The Hall–Kier alpha value is -2.57. The Bertz CT molecular complexity index is 1130. The summed E-state index contributed by atoms with van der Waals surface area (Å²) in [6.45, 7) is 6.19. The van der Waals surface area contributed by atoms with Gasteiger partial charge in [-0.15, -0.1) is 0 Å². The van der Waals surface area contributed by atoms with Gasteiger partial charge in [0, 0.05) is 6.54 Å². The third-order valence-corrected chi connectivity index (χ3v) is 7.63. The highest BCUT2D eigenvalue weighted by Gasteiger charge is 2.23. The van der Waals surface area contributed by atoms with Gasteiger partial charge in [-0.2, -0.15) is 0 Å². The molecule has 2 aliphatic heterocycles. The lowest BCUT2D eigenvalue weighted by molar-refractivity contribution is -0.117. The number of hydrogen-bond acceptors (Lipinski definition) is 4. The van der Waals surface area contributed by atoms with Crippen LogP contribution in [0.25, 0.3) is 11.7 Å². The molecule has 1 fully saturated rings. The standard InChI is InChI=1S/C26H30N4OS/c1-19-22-17-23(32-25-11-5-10-24(28-19)30(22)25)26(31)27-18-21-12-15-29(16-13-21)14-6-9-20-7-3-2-4-8-20/h2-5,7-8,10-11,17,21H,6,9,12-16,18H2,1H3,(H,27,31). The molecule has 4 heterocycles. The van der Waals surface area contributed by atoms with Crippen LogP contribution in [-0.2, 0) is 11.2 Å². The van der Waals surface area contributed by atoms with Crippen molar-refractivity contribution in [2.24, 2.45) is 5.92 Å². The lowest BCUT2D eigenvalue weighted by Crippen LogP contribution is -2.39. The van der Waals surface area contributed by atoms with Gasteiger partial charge in [-0.3, -0.25) is 9.20 Å². The van der Waals surface area contributed by atoms with Crippen molar-refractivity contribution in [3.63, 3.8) is 0 Å². The summed E-state index contributed by atoms with van der Waals surface area (Å²) in [6, 6.07) is 16.8. The van der Waals surface area contributed by atoms with Gasteiger partial charge in [-0.05, 0) is 81.9 Å². The number of aromatic nitrogens is 2. The third kappa shape index (κ3) is 4.62. The Kier molecular flexibility index (Phi) is 6.32. The topological polar surface area (TPSA) is 49.6 Å². The van der Waals surface area contributed by atoms with E-state index in [1.165, 1.54) is 23.7 Å². The Morgan fingerprint density at radius 2 is 1.94 bits per heavy atom. The smallest absolute Gasteiger partial charge is 0.258 e. The Labute approximate surface area is 193 Å². The maximum Gasteiger partial charge on any atom is 0.258 e. The highest BCUT2D eigenvalue weighted by atomic mass is 32.2. The number of nitrogens with zero attached hydrogens (tertiary/aromatic N) is 3. The Morgan fingerprint density at radius 3 is 2.75 bits per heavy atom. The molecule has 0 unspecified atom stereocenters. The van der Waals surface area contributed by atoms with Crippen LogP contribution in [0, 0.1) is 12.8 Å². The summed E-state index contributed by atoms with van der Waals surface area (Å²) >= 11 is 1.53. The molecule has 0 spiro atoms. The minimum absolute atomic E-state index is 0.0316. The number of piperidine rings is 1. The minimum Gasteiger partial charge on any atom is -0.351 e. The first kappa shape index (κ1) is 21.3. The molecule has 2 aromatic heterocycles. The molecule has 1 N–H and O–H groups in total. The highest BCUT2D eigenvalue weighted by Crippen LogP contribution is 2.35. The van der Waals surface area contributed by atoms with Gasteiger partial charge in [-0.1, -0.05) is 48.2 Å². The van der Waals surface area contributed by atoms with Gasteiger partial charge in [0.2, 0.25) is 0 Å². The molecule has 5 nitrogen and oxygen atoms in total. The number of rotatable bonds is 7. The average Bonchev–Trinajstić information content (AvgIpc) is 3.15. The van der Waals surface area contributed by atoms with E-state index >= 15 is 0 Å². The van der Waals surface area contributed by atoms with E-state index in [4.69, 9.17) is 0 Å². The van der Waals surface area contributed by atoms with E-state index in [1.54, 1.807) is 0 Å². The SMILES string of the molecule is Cc1nc2cccc3n2c1C=C(C(=O)NCC1CCN(CCCc2ccccc2)CC1)S3. The summed E-state index contributed by atoms with van der Waals surface area (Å²) in [4.78, 5) is 20.8. The van der Waals surface area contributed by atoms with Crippen LogP contribution in [0.4, 0.5) is 0 Å². The molecule has 166 valence electrons. The van der Waals surface area contributed by atoms with E-state index in [9.17, 15) is 4.79 Å². The predicted molar refractivity (Wildman–Crippen MR) is 131 cm³/mol. The molecule has 0 saturated carbocycles. The summed E-state index contributed by atoms with van der Waals surface area (Å²) in [7, 11) is 0. The average molecular weight is 447 g/mol. The van der Waals surface area contributed by atoms with Crippen LogP contribution in [0.15, 0.2) is 58.5 Å². The molecular formula is C26H30N4OS. The van der Waals surface area contributed by atoms with E-state index in [0.29, 0.717) is 5.92 Å². The lowest BCUT2D eigenvalue weighted by atomic mass is 9.96. The molecule has 0 aliphatic carbocycles. The van der Waals surface area contributed by atoms with E-state index in [-0.39, 0.29) is 5.91 Å². The van der Waals surface area contributed by atoms with Crippen LogP contribution in [0.2, 0.25) is 0 Å². The zero-order valence-electron chi connectivity index (χ0n) is 18.6. The predicted octanol–water partition coefficient (Wildman–Crippen LogP) is 4.55. The van der Waals surface area contributed by atoms with Crippen molar-refractivity contribution in [3.05, 3.63) is 70.4 Å². The van der Waals surface area contributed by atoms with Crippen LogP contribution < -0.4 is 5.32 Å². The molecule has 2 aliphatic rings. The Balaban J connectivity index is 1.08. The van der Waals surface area contributed by atoms with E-state index in [2.05, 4.69) is 56.0 Å². The molecule has 32 heavy (non-hydrogen) atoms. The van der Waals surface area contributed by atoms with Gasteiger partial charge >= 0.3 is 0 Å². The fraction of sp³-hybridized carbons (Fsp3) is 0.385. The molecule has 5 rings (SSSR count). The van der Waals surface area contributed by atoms with Gasteiger partial charge in [0.25, 0.3) is 5.91 Å². The first-order valence-electron chi connectivity index (χ1n) is 11.6. The molecule has 0 atom stereocenters. The summed E-state index contributed by atoms with van der Waals surface area (Å²) in [6.07, 6.45) is 6.65. The second-order valence-electron chi connectivity index (χ2n) is 8.83.